The molecule has 1 aromatic rings. The van der Waals surface area contributed by atoms with Gasteiger partial charge >= 0.3 is 0 Å². The molecule has 0 aromatic heterocycles. The van der Waals surface area contributed by atoms with Gasteiger partial charge in [-0.05, 0) is 24.1 Å². The predicted octanol–water partition coefficient (Wildman–Crippen LogP) is 0.902. The fourth-order valence-electron chi connectivity index (χ4n) is 2.13. The molecule has 1 amide bonds. The topological polar surface area (TPSA) is 82.8 Å². The van der Waals surface area contributed by atoms with E-state index in [0.717, 1.165) is 23.5 Å². The maximum absolute atomic E-state index is 11.7. The van der Waals surface area contributed by atoms with E-state index >= 15 is 0 Å². The van der Waals surface area contributed by atoms with Gasteiger partial charge in [0.2, 0.25) is 5.91 Å². The Morgan fingerprint density at radius 2 is 2.09 bits per heavy atom. The molecule has 7 heteroatoms. The number of amides is 1. The third kappa shape index (κ3) is 5.36. The molecule has 0 fully saturated rings. The Morgan fingerprint density at radius 3 is 2.77 bits per heavy atom. The van der Waals surface area contributed by atoms with Crippen LogP contribution in [0, 0.1) is 0 Å². The quantitative estimate of drug-likeness (QED) is 0.776. The molecule has 1 aromatic carbocycles. The summed E-state index contributed by atoms with van der Waals surface area (Å²) in [5.74, 6) is 1.50. The van der Waals surface area contributed by atoms with Crippen molar-refractivity contribution in [3.8, 4) is 11.5 Å². The Hall–Kier alpha value is -1.50. The summed E-state index contributed by atoms with van der Waals surface area (Å²) < 4.78 is 16.1. The van der Waals surface area contributed by atoms with Crippen molar-refractivity contribution in [2.24, 2.45) is 5.73 Å². The van der Waals surface area contributed by atoms with Crippen LogP contribution in [-0.2, 0) is 16.0 Å². The maximum Gasteiger partial charge on any atom is 0.222 e. The van der Waals surface area contributed by atoms with Gasteiger partial charge < -0.3 is 25.3 Å². The van der Waals surface area contributed by atoms with E-state index in [4.69, 9.17) is 19.9 Å². The highest BCUT2D eigenvalue weighted by atomic mass is 35.5. The summed E-state index contributed by atoms with van der Waals surface area (Å²) in [7, 11) is 1.56. The van der Waals surface area contributed by atoms with Gasteiger partial charge in [-0.15, -0.1) is 12.4 Å². The Morgan fingerprint density at radius 1 is 1.36 bits per heavy atom. The fraction of sp³-hybridized carbons (Fsp3) is 0.533. The second-order valence-electron chi connectivity index (χ2n) is 4.88. The summed E-state index contributed by atoms with van der Waals surface area (Å²) in [6, 6.07) is 5.84. The molecule has 0 spiro atoms. The highest BCUT2D eigenvalue weighted by Crippen LogP contribution is 2.30. The number of benzene rings is 1. The SMILES string of the molecule is COC(CN)CC(=O)NCCc1ccc2c(c1)OCCO2.Cl. The van der Waals surface area contributed by atoms with Crippen LogP contribution in [0.2, 0.25) is 0 Å². The first-order valence-electron chi connectivity index (χ1n) is 7.11. The van der Waals surface area contributed by atoms with Gasteiger partial charge in [0.25, 0.3) is 0 Å². The van der Waals surface area contributed by atoms with Crippen LogP contribution in [0.15, 0.2) is 18.2 Å². The monoisotopic (exact) mass is 330 g/mol. The van der Waals surface area contributed by atoms with Crippen molar-refractivity contribution >= 4 is 18.3 Å². The number of hydrogen-bond acceptors (Lipinski definition) is 5. The van der Waals surface area contributed by atoms with Gasteiger partial charge in [-0.3, -0.25) is 4.79 Å². The molecule has 124 valence electrons. The number of nitrogens with one attached hydrogen (secondary N) is 1. The van der Waals surface area contributed by atoms with Gasteiger partial charge in [-0.1, -0.05) is 6.07 Å². The third-order valence-electron chi connectivity index (χ3n) is 3.35. The van der Waals surface area contributed by atoms with Crippen LogP contribution in [-0.4, -0.2) is 45.4 Å². The summed E-state index contributed by atoms with van der Waals surface area (Å²) in [6.45, 7) is 2.07. The van der Waals surface area contributed by atoms with Crippen molar-refractivity contribution in [3.63, 3.8) is 0 Å². The van der Waals surface area contributed by atoms with Crippen LogP contribution >= 0.6 is 12.4 Å². The molecule has 0 saturated carbocycles. The molecular formula is C15H23ClN2O4. The molecule has 1 heterocycles. The molecule has 0 radical (unpaired) electrons. The molecule has 22 heavy (non-hydrogen) atoms. The van der Waals surface area contributed by atoms with Crippen molar-refractivity contribution in [1.29, 1.82) is 0 Å². The van der Waals surface area contributed by atoms with Gasteiger partial charge in [-0.25, -0.2) is 0 Å². The Labute approximate surface area is 136 Å². The Kier molecular flexibility index (Phi) is 8.01. The summed E-state index contributed by atoms with van der Waals surface area (Å²) >= 11 is 0. The number of carbonyl (C=O) groups excluding carboxylic acids is 1. The van der Waals surface area contributed by atoms with Crippen LogP contribution in [0.3, 0.4) is 0 Å². The average Bonchev–Trinajstić information content (AvgIpc) is 2.52. The minimum Gasteiger partial charge on any atom is -0.486 e. The molecule has 3 N–H and O–H groups in total. The van der Waals surface area contributed by atoms with Crippen molar-refractivity contribution in [2.75, 3.05) is 33.4 Å². The molecule has 1 aliphatic heterocycles. The zero-order valence-corrected chi connectivity index (χ0v) is 13.5. The standard InChI is InChI=1S/C15H22N2O4.ClH/c1-19-12(10-16)9-15(18)17-5-4-11-2-3-13-14(8-11)21-7-6-20-13;/h2-3,8,12H,4-7,9-10,16H2,1H3,(H,17,18);1H. The van der Waals surface area contributed by atoms with Gasteiger partial charge in [-0.2, -0.15) is 0 Å². The van der Waals surface area contributed by atoms with Crippen molar-refractivity contribution in [3.05, 3.63) is 23.8 Å². The van der Waals surface area contributed by atoms with E-state index in [9.17, 15) is 4.79 Å². The Balaban J connectivity index is 0.00000242. The molecule has 1 aliphatic rings. The predicted molar refractivity (Wildman–Crippen MR) is 85.9 cm³/mol. The van der Waals surface area contributed by atoms with Gasteiger partial charge in [0.1, 0.15) is 13.2 Å². The van der Waals surface area contributed by atoms with Crippen molar-refractivity contribution in [2.45, 2.75) is 18.9 Å². The first-order valence-corrected chi connectivity index (χ1v) is 7.11. The number of rotatable bonds is 7. The van der Waals surface area contributed by atoms with Gasteiger partial charge in [0, 0.05) is 20.2 Å². The van der Waals surface area contributed by atoms with Gasteiger partial charge in [0.15, 0.2) is 11.5 Å². The maximum atomic E-state index is 11.7. The zero-order valence-electron chi connectivity index (χ0n) is 12.7. The number of fused-ring (bicyclic) bond motifs is 1. The number of carbonyl (C=O) groups is 1. The molecule has 2 rings (SSSR count). The van der Waals surface area contributed by atoms with E-state index in [1.807, 2.05) is 18.2 Å². The number of ether oxygens (including phenoxy) is 3. The average molecular weight is 331 g/mol. The summed E-state index contributed by atoms with van der Waals surface area (Å²) in [5, 5.41) is 2.86. The lowest BCUT2D eigenvalue weighted by Gasteiger charge is -2.19. The van der Waals surface area contributed by atoms with Crippen LogP contribution < -0.4 is 20.5 Å². The van der Waals surface area contributed by atoms with Crippen LogP contribution in [0.25, 0.3) is 0 Å². The van der Waals surface area contributed by atoms with Crippen LogP contribution in [0.1, 0.15) is 12.0 Å². The molecule has 6 nitrogen and oxygen atoms in total. The van der Waals surface area contributed by atoms with Crippen molar-refractivity contribution in [1.82, 2.24) is 5.32 Å². The number of hydrogen-bond donors (Lipinski definition) is 2. The molecular weight excluding hydrogens is 308 g/mol. The lowest BCUT2D eigenvalue weighted by atomic mass is 10.1. The second kappa shape index (κ2) is 9.50. The highest BCUT2D eigenvalue weighted by Gasteiger charge is 2.13. The lowest BCUT2D eigenvalue weighted by molar-refractivity contribution is -0.123. The Bertz CT molecular complexity index is 481. The minimum absolute atomic E-state index is 0. The van der Waals surface area contributed by atoms with Crippen LogP contribution in [0.4, 0.5) is 0 Å². The van der Waals surface area contributed by atoms with E-state index in [-0.39, 0.29) is 30.8 Å². The largest absolute Gasteiger partial charge is 0.486 e. The molecule has 0 aliphatic carbocycles. The summed E-state index contributed by atoms with van der Waals surface area (Å²) in [4.78, 5) is 11.7. The van der Waals surface area contributed by atoms with E-state index in [2.05, 4.69) is 5.32 Å². The second-order valence-corrected chi connectivity index (χ2v) is 4.88. The van der Waals surface area contributed by atoms with Crippen molar-refractivity contribution < 1.29 is 19.0 Å². The lowest BCUT2D eigenvalue weighted by Crippen LogP contribution is -2.33. The van der Waals surface area contributed by atoms with E-state index in [1.54, 1.807) is 7.11 Å². The molecule has 1 unspecified atom stereocenters. The van der Waals surface area contributed by atoms with Crippen LogP contribution in [0.5, 0.6) is 11.5 Å². The molecule has 1 atom stereocenters. The zero-order chi connectivity index (χ0) is 15.1. The van der Waals surface area contributed by atoms with E-state index in [1.165, 1.54) is 0 Å². The number of nitrogens with two attached hydrogens (primary N) is 1. The first kappa shape index (κ1) is 18.5. The fourth-order valence-corrected chi connectivity index (χ4v) is 2.13. The first-order chi connectivity index (χ1) is 10.2. The number of halogens is 1. The number of methoxy groups -OCH3 is 1. The normalized spacial score (nSPS) is 13.9. The summed E-state index contributed by atoms with van der Waals surface area (Å²) in [5.41, 5.74) is 6.58. The molecule has 0 bridgehead atoms. The minimum atomic E-state index is -0.223. The van der Waals surface area contributed by atoms with E-state index in [0.29, 0.717) is 26.3 Å². The van der Waals surface area contributed by atoms with Gasteiger partial charge in [0.05, 0.1) is 12.5 Å². The highest BCUT2D eigenvalue weighted by molar-refractivity contribution is 5.85. The third-order valence-corrected chi connectivity index (χ3v) is 3.35. The van der Waals surface area contributed by atoms with E-state index < -0.39 is 0 Å². The summed E-state index contributed by atoms with van der Waals surface area (Å²) in [6.07, 6.45) is 0.802. The smallest absolute Gasteiger partial charge is 0.222 e. The molecule has 0 saturated heterocycles.